The summed E-state index contributed by atoms with van der Waals surface area (Å²) in [5.74, 6) is 0.769. The van der Waals surface area contributed by atoms with Gasteiger partial charge >= 0.3 is 0 Å². The number of benzene rings is 2. The van der Waals surface area contributed by atoms with E-state index >= 15 is 0 Å². The molecule has 0 bridgehead atoms. The lowest BCUT2D eigenvalue weighted by atomic mass is 9.99. The maximum Gasteiger partial charge on any atom is 0.251 e. The standard InChI is InChI=1S/C23H29NO3S/c1-2-3-15-27-20-11-9-19(10-12-20)22(25)24-18-23(13-16-26-17-14-23)28-21-7-5-4-6-8-21/h4-12H,2-3,13-18H2,1H3,(H,24,25). The van der Waals surface area contributed by atoms with Crippen LogP contribution in [0.15, 0.2) is 59.5 Å². The maximum absolute atomic E-state index is 12.7. The number of carbonyl (C=O) groups is 1. The van der Waals surface area contributed by atoms with E-state index in [1.165, 1.54) is 4.90 Å². The minimum atomic E-state index is -0.0420. The van der Waals surface area contributed by atoms with Crippen LogP contribution in [0.4, 0.5) is 0 Å². The van der Waals surface area contributed by atoms with Crippen molar-refractivity contribution >= 4 is 17.7 Å². The van der Waals surface area contributed by atoms with Crippen LogP contribution in [-0.2, 0) is 4.74 Å². The third-order valence-electron chi connectivity index (χ3n) is 4.94. The Morgan fingerprint density at radius 2 is 1.82 bits per heavy atom. The van der Waals surface area contributed by atoms with Crippen molar-refractivity contribution in [2.45, 2.75) is 42.2 Å². The molecule has 1 heterocycles. The van der Waals surface area contributed by atoms with Gasteiger partial charge in [0.25, 0.3) is 5.91 Å². The maximum atomic E-state index is 12.7. The van der Waals surface area contributed by atoms with Crippen LogP contribution in [0.2, 0.25) is 0 Å². The summed E-state index contributed by atoms with van der Waals surface area (Å²) in [6.45, 7) is 4.95. The second kappa shape index (κ2) is 10.5. The van der Waals surface area contributed by atoms with E-state index in [1.807, 2.05) is 42.1 Å². The van der Waals surface area contributed by atoms with Crippen molar-refractivity contribution in [3.63, 3.8) is 0 Å². The predicted octanol–water partition coefficient (Wildman–Crippen LogP) is 4.94. The Bertz CT molecular complexity index is 727. The number of nitrogens with one attached hydrogen (secondary N) is 1. The number of unbranched alkanes of at least 4 members (excludes halogenated alkanes) is 1. The quantitative estimate of drug-likeness (QED) is 0.607. The molecule has 150 valence electrons. The summed E-state index contributed by atoms with van der Waals surface area (Å²) in [5.41, 5.74) is 0.662. The first kappa shape index (κ1) is 20.7. The zero-order valence-corrected chi connectivity index (χ0v) is 17.3. The fraction of sp³-hybridized carbons (Fsp3) is 0.435. The molecule has 1 saturated heterocycles. The lowest BCUT2D eigenvalue weighted by Gasteiger charge is -2.36. The Kier molecular flexibility index (Phi) is 7.80. The van der Waals surface area contributed by atoms with Gasteiger partial charge in [-0.15, -0.1) is 11.8 Å². The Morgan fingerprint density at radius 3 is 2.50 bits per heavy atom. The lowest BCUT2D eigenvalue weighted by Crippen LogP contribution is -2.44. The lowest BCUT2D eigenvalue weighted by molar-refractivity contribution is 0.0741. The smallest absolute Gasteiger partial charge is 0.251 e. The van der Waals surface area contributed by atoms with Gasteiger partial charge in [0.1, 0.15) is 5.75 Å². The summed E-state index contributed by atoms with van der Waals surface area (Å²) < 4.78 is 11.2. The van der Waals surface area contributed by atoms with E-state index in [0.29, 0.717) is 18.7 Å². The molecule has 3 rings (SSSR count). The van der Waals surface area contributed by atoms with Crippen LogP contribution < -0.4 is 10.1 Å². The average Bonchev–Trinajstić information content (AvgIpc) is 2.74. The van der Waals surface area contributed by atoms with Gasteiger partial charge in [-0.25, -0.2) is 0 Å². The number of hydrogen-bond acceptors (Lipinski definition) is 4. The first-order valence-corrected chi connectivity index (χ1v) is 10.9. The zero-order valence-electron chi connectivity index (χ0n) is 16.5. The number of amides is 1. The number of ether oxygens (including phenoxy) is 2. The highest BCUT2D eigenvalue weighted by atomic mass is 32.2. The Balaban J connectivity index is 1.58. The van der Waals surface area contributed by atoms with Crippen LogP contribution in [0.5, 0.6) is 5.75 Å². The van der Waals surface area contributed by atoms with Crippen molar-refractivity contribution in [1.29, 1.82) is 0 Å². The van der Waals surface area contributed by atoms with Crippen LogP contribution in [0.1, 0.15) is 43.0 Å². The molecule has 0 atom stereocenters. The van der Waals surface area contributed by atoms with E-state index in [9.17, 15) is 4.79 Å². The van der Waals surface area contributed by atoms with E-state index in [0.717, 1.165) is 44.6 Å². The van der Waals surface area contributed by atoms with Crippen LogP contribution in [0.25, 0.3) is 0 Å². The van der Waals surface area contributed by atoms with E-state index in [2.05, 4.69) is 36.5 Å². The van der Waals surface area contributed by atoms with Gasteiger partial charge in [-0.05, 0) is 55.7 Å². The fourth-order valence-corrected chi connectivity index (χ4v) is 4.49. The molecule has 0 spiro atoms. The van der Waals surface area contributed by atoms with Crippen LogP contribution in [-0.4, -0.2) is 37.0 Å². The first-order valence-electron chi connectivity index (χ1n) is 10.0. The first-order chi connectivity index (χ1) is 13.7. The SMILES string of the molecule is CCCCOc1ccc(C(=O)NCC2(Sc3ccccc3)CCOCC2)cc1. The fourth-order valence-electron chi connectivity index (χ4n) is 3.18. The molecule has 2 aromatic carbocycles. The molecule has 1 amide bonds. The zero-order chi connectivity index (χ0) is 19.7. The summed E-state index contributed by atoms with van der Waals surface area (Å²) in [6.07, 6.45) is 4.00. The average molecular weight is 400 g/mol. The van der Waals surface area contributed by atoms with Crippen molar-refractivity contribution in [3.05, 3.63) is 60.2 Å². The summed E-state index contributed by atoms with van der Waals surface area (Å²) in [4.78, 5) is 13.9. The highest BCUT2D eigenvalue weighted by molar-refractivity contribution is 8.00. The van der Waals surface area contributed by atoms with Crippen LogP contribution >= 0.6 is 11.8 Å². The molecule has 0 aromatic heterocycles. The molecule has 5 heteroatoms. The molecule has 1 fully saturated rings. The van der Waals surface area contributed by atoms with Gasteiger partial charge < -0.3 is 14.8 Å². The number of hydrogen-bond donors (Lipinski definition) is 1. The predicted molar refractivity (Wildman–Crippen MR) is 114 cm³/mol. The van der Waals surface area contributed by atoms with Crippen molar-refractivity contribution < 1.29 is 14.3 Å². The molecule has 0 aliphatic carbocycles. The highest BCUT2D eigenvalue weighted by Crippen LogP contribution is 2.40. The number of thioether (sulfide) groups is 1. The second-order valence-corrected chi connectivity index (χ2v) is 8.66. The third-order valence-corrected chi connectivity index (χ3v) is 6.43. The van der Waals surface area contributed by atoms with Crippen molar-refractivity contribution in [2.75, 3.05) is 26.4 Å². The van der Waals surface area contributed by atoms with Gasteiger partial charge in [0.15, 0.2) is 0 Å². The minimum absolute atomic E-state index is 0.0293. The molecule has 2 aromatic rings. The Labute approximate surface area is 172 Å². The van der Waals surface area contributed by atoms with Gasteiger partial charge in [-0.3, -0.25) is 4.79 Å². The third kappa shape index (κ3) is 6.01. The van der Waals surface area contributed by atoms with Crippen molar-refractivity contribution in [2.24, 2.45) is 0 Å². The molecular weight excluding hydrogens is 370 g/mol. The summed E-state index contributed by atoms with van der Waals surface area (Å²) in [6, 6.07) is 17.8. The molecule has 1 aliphatic heterocycles. The molecule has 1 N–H and O–H groups in total. The molecule has 0 saturated carbocycles. The monoisotopic (exact) mass is 399 g/mol. The van der Waals surface area contributed by atoms with E-state index in [1.54, 1.807) is 0 Å². The molecule has 0 radical (unpaired) electrons. The number of rotatable bonds is 9. The minimum Gasteiger partial charge on any atom is -0.494 e. The van der Waals surface area contributed by atoms with Gasteiger partial charge in [-0.2, -0.15) is 0 Å². The molecule has 4 nitrogen and oxygen atoms in total. The van der Waals surface area contributed by atoms with Crippen LogP contribution in [0, 0.1) is 0 Å². The van der Waals surface area contributed by atoms with E-state index in [-0.39, 0.29) is 10.7 Å². The van der Waals surface area contributed by atoms with Gasteiger partial charge in [0.05, 0.1) is 6.61 Å². The Morgan fingerprint density at radius 1 is 1.11 bits per heavy atom. The summed E-state index contributed by atoms with van der Waals surface area (Å²) in [5, 5.41) is 3.15. The topological polar surface area (TPSA) is 47.6 Å². The largest absolute Gasteiger partial charge is 0.494 e. The normalized spacial score (nSPS) is 15.8. The molecule has 0 unspecified atom stereocenters. The van der Waals surface area contributed by atoms with E-state index < -0.39 is 0 Å². The van der Waals surface area contributed by atoms with Gasteiger partial charge in [0, 0.05) is 35.0 Å². The van der Waals surface area contributed by atoms with Crippen molar-refractivity contribution in [3.8, 4) is 5.75 Å². The number of carbonyl (C=O) groups excluding carboxylic acids is 1. The second-order valence-electron chi connectivity index (χ2n) is 7.12. The summed E-state index contributed by atoms with van der Waals surface area (Å²) >= 11 is 1.85. The van der Waals surface area contributed by atoms with Crippen LogP contribution in [0.3, 0.4) is 0 Å². The van der Waals surface area contributed by atoms with Gasteiger partial charge in [-0.1, -0.05) is 31.5 Å². The summed E-state index contributed by atoms with van der Waals surface area (Å²) in [7, 11) is 0. The van der Waals surface area contributed by atoms with E-state index in [4.69, 9.17) is 9.47 Å². The van der Waals surface area contributed by atoms with Crippen molar-refractivity contribution in [1.82, 2.24) is 5.32 Å². The van der Waals surface area contributed by atoms with Gasteiger partial charge in [0.2, 0.25) is 0 Å². The highest BCUT2D eigenvalue weighted by Gasteiger charge is 2.34. The molecule has 28 heavy (non-hydrogen) atoms. The Hall–Kier alpha value is -1.98. The molecular formula is C23H29NO3S. The molecule has 1 aliphatic rings.